The van der Waals surface area contributed by atoms with Gasteiger partial charge in [-0.2, -0.15) is 0 Å². The van der Waals surface area contributed by atoms with Crippen molar-refractivity contribution in [3.05, 3.63) is 46.7 Å². The number of amides is 1. The van der Waals surface area contributed by atoms with Crippen molar-refractivity contribution < 1.29 is 9.53 Å². The molecule has 1 amide bonds. The number of aromatic nitrogens is 1. The summed E-state index contributed by atoms with van der Waals surface area (Å²) < 4.78 is 5.27. The molecular formula is C17H20ClN3O2. The third kappa shape index (κ3) is 4.36. The summed E-state index contributed by atoms with van der Waals surface area (Å²) in [4.78, 5) is 16.5. The van der Waals surface area contributed by atoms with Crippen LogP contribution in [0.1, 0.15) is 29.3 Å². The summed E-state index contributed by atoms with van der Waals surface area (Å²) in [6.45, 7) is 4.78. The quantitative estimate of drug-likeness (QED) is 0.834. The fourth-order valence-corrected chi connectivity index (χ4v) is 2.21. The fraction of sp³-hybridized carbons (Fsp3) is 0.294. The molecular weight excluding hydrogens is 314 g/mol. The third-order valence-corrected chi connectivity index (χ3v) is 3.72. The van der Waals surface area contributed by atoms with Crippen LogP contribution in [0.4, 0.5) is 11.4 Å². The highest BCUT2D eigenvalue weighted by atomic mass is 35.5. The monoisotopic (exact) mass is 333 g/mol. The molecule has 23 heavy (non-hydrogen) atoms. The van der Waals surface area contributed by atoms with Crippen molar-refractivity contribution >= 4 is 28.9 Å². The lowest BCUT2D eigenvalue weighted by atomic mass is 10.2. The predicted molar refractivity (Wildman–Crippen MR) is 93.7 cm³/mol. The summed E-state index contributed by atoms with van der Waals surface area (Å²) in [5.74, 6) is 0.264. The van der Waals surface area contributed by atoms with Crippen LogP contribution in [-0.4, -0.2) is 24.5 Å². The zero-order chi connectivity index (χ0) is 16.8. The van der Waals surface area contributed by atoms with Gasteiger partial charge in [0.1, 0.15) is 5.75 Å². The van der Waals surface area contributed by atoms with E-state index in [1.165, 1.54) is 13.3 Å². The zero-order valence-corrected chi connectivity index (χ0v) is 14.2. The minimum absolute atomic E-state index is 0.252. The van der Waals surface area contributed by atoms with Crippen molar-refractivity contribution in [2.24, 2.45) is 0 Å². The molecule has 0 radical (unpaired) electrons. The number of halogens is 1. The number of rotatable bonds is 6. The van der Waals surface area contributed by atoms with Crippen LogP contribution in [0.3, 0.4) is 0 Å². The number of nitrogens with zero attached hydrogens (tertiary/aromatic N) is 1. The second kappa shape index (κ2) is 7.83. The molecule has 0 fully saturated rings. The minimum atomic E-state index is -0.252. The highest BCUT2D eigenvalue weighted by Crippen LogP contribution is 2.31. The minimum Gasteiger partial charge on any atom is -0.495 e. The molecule has 0 spiro atoms. The fourth-order valence-electron chi connectivity index (χ4n) is 2.05. The Hall–Kier alpha value is -2.27. The molecule has 6 heteroatoms. The van der Waals surface area contributed by atoms with Gasteiger partial charge in [-0.15, -0.1) is 0 Å². The van der Waals surface area contributed by atoms with Gasteiger partial charge in [-0.05, 0) is 31.0 Å². The van der Waals surface area contributed by atoms with Gasteiger partial charge in [0.25, 0.3) is 5.91 Å². The molecule has 0 aliphatic heterocycles. The Morgan fingerprint density at radius 2 is 2.09 bits per heavy atom. The number of ether oxygens (including phenoxy) is 1. The standard InChI is InChI=1S/C17H20ClN3O2/c1-4-5-20-13-7-12(9-19-10-13)17(22)21-15-6-11(2)14(18)8-16(15)23-3/h6-10,20H,4-5H2,1-3H3,(H,21,22). The van der Waals surface area contributed by atoms with Gasteiger partial charge in [-0.1, -0.05) is 18.5 Å². The van der Waals surface area contributed by atoms with E-state index in [0.29, 0.717) is 22.0 Å². The second-order valence-corrected chi connectivity index (χ2v) is 5.55. The van der Waals surface area contributed by atoms with Gasteiger partial charge in [0.05, 0.1) is 24.0 Å². The maximum atomic E-state index is 12.4. The van der Waals surface area contributed by atoms with Gasteiger partial charge < -0.3 is 15.4 Å². The van der Waals surface area contributed by atoms with Crippen LogP contribution in [0.5, 0.6) is 5.75 Å². The number of carbonyl (C=O) groups is 1. The molecule has 0 aliphatic carbocycles. The van der Waals surface area contributed by atoms with E-state index >= 15 is 0 Å². The van der Waals surface area contributed by atoms with Crippen LogP contribution in [0.15, 0.2) is 30.6 Å². The van der Waals surface area contributed by atoms with Crippen molar-refractivity contribution in [1.29, 1.82) is 0 Å². The lowest BCUT2D eigenvalue weighted by Crippen LogP contribution is -2.14. The summed E-state index contributed by atoms with van der Waals surface area (Å²) in [5.41, 5.74) is 2.73. The second-order valence-electron chi connectivity index (χ2n) is 5.14. The molecule has 0 unspecified atom stereocenters. The number of hydrogen-bond donors (Lipinski definition) is 2. The maximum Gasteiger partial charge on any atom is 0.257 e. The molecule has 5 nitrogen and oxygen atoms in total. The molecule has 0 aliphatic rings. The maximum absolute atomic E-state index is 12.4. The topological polar surface area (TPSA) is 63.2 Å². The predicted octanol–water partition coefficient (Wildman–Crippen LogP) is 4.13. The van der Waals surface area contributed by atoms with E-state index in [1.54, 1.807) is 24.4 Å². The van der Waals surface area contributed by atoms with Gasteiger partial charge in [-0.25, -0.2) is 0 Å². The van der Waals surface area contributed by atoms with Gasteiger partial charge in [-0.3, -0.25) is 9.78 Å². The van der Waals surface area contributed by atoms with Gasteiger partial charge in [0, 0.05) is 30.0 Å². The summed E-state index contributed by atoms with van der Waals surface area (Å²) in [7, 11) is 1.54. The van der Waals surface area contributed by atoms with Crippen LogP contribution >= 0.6 is 11.6 Å². The summed E-state index contributed by atoms with van der Waals surface area (Å²) >= 11 is 6.08. The number of anilines is 2. The van der Waals surface area contributed by atoms with Crippen molar-refractivity contribution in [3.63, 3.8) is 0 Å². The first-order valence-corrected chi connectivity index (χ1v) is 7.77. The van der Waals surface area contributed by atoms with E-state index in [4.69, 9.17) is 16.3 Å². The lowest BCUT2D eigenvalue weighted by Gasteiger charge is -2.12. The molecule has 2 aromatic rings. The first kappa shape index (κ1) is 17.1. The highest BCUT2D eigenvalue weighted by molar-refractivity contribution is 6.31. The van der Waals surface area contributed by atoms with Crippen LogP contribution in [0, 0.1) is 6.92 Å². The van der Waals surface area contributed by atoms with E-state index in [-0.39, 0.29) is 5.91 Å². The van der Waals surface area contributed by atoms with Crippen LogP contribution in [0.25, 0.3) is 0 Å². The Morgan fingerprint density at radius 1 is 1.30 bits per heavy atom. The lowest BCUT2D eigenvalue weighted by molar-refractivity contribution is 0.102. The Morgan fingerprint density at radius 3 is 2.78 bits per heavy atom. The molecule has 0 atom stereocenters. The number of carbonyl (C=O) groups excluding carboxylic acids is 1. The van der Waals surface area contributed by atoms with Crippen molar-refractivity contribution in [1.82, 2.24) is 4.98 Å². The number of pyridine rings is 1. The molecule has 122 valence electrons. The molecule has 2 rings (SSSR count). The van der Waals surface area contributed by atoms with Crippen LogP contribution in [-0.2, 0) is 0 Å². The number of benzene rings is 1. The van der Waals surface area contributed by atoms with E-state index < -0.39 is 0 Å². The van der Waals surface area contributed by atoms with Gasteiger partial charge in [0.15, 0.2) is 0 Å². The first-order chi connectivity index (χ1) is 11.0. The number of hydrogen-bond acceptors (Lipinski definition) is 4. The normalized spacial score (nSPS) is 10.3. The first-order valence-electron chi connectivity index (χ1n) is 7.39. The highest BCUT2D eigenvalue weighted by Gasteiger charge is 2.12. The number of aryl methyl sites for hydroxylation is 1. The smallest absolute Gasteiger partial charge is 0.257 e. The van der Waals surface area contributed by atoms with E-state index in [0.717, 1.165) is 24.2 Å². The Balaban J connectivity index is 2.20. The van der Waals surface area contributed by atoms with E-state index in [2.05, 4.69) is 22.5 Å². The SMILES string of the molecule is CCCNc1cncc(C(=O)Nc2cc(C)c(Cl)cc2OC)c1. The number of nitrogens with one attached hydrogen (secondary N) is 2. The third-order valence-electron chi connectivity index (χ3n) is 3.31. The van der Waals surface area contributed by atoms with Crippen molar-refractivity contribution in [2.75, 3.05) is 24.3 Å². The molecule has 0 bridgehead atoms. The van der Waals surface area contributed by atoms with Gasteiger partial charge >= 0.3 is 0 Å². The summed E-state index contributed by atoms with van der Waals surface area (Å²) in [6.07, 6.45) is 4.22. The molecule has 2 N–H and O–H groups in total. The Kier molecular flexibility index (Phi) is 5.82. The summed E-state index contributed by atoms with van der Waals surface area (Å²) in [6, 6.07) is 5.24. The van der Waals surface area contributed by atoms with Gasteiger partial charge in [0.2, 0.25) is 0 Å². The Bertz CT molecular complexity index is 704. The molecule has 1 aromatic carbocycles. The zero-order valence-electron chi connectivity index (χ0n) is 13.4. The van der Waals surface area contributed by atoms with E-state index in [1.807, 2.05) is 6.92 Å². The largest absolute Gasteiger partial charge is 0.495 e. The molecule has 0 saturated carbocycles. The average molecular weight is 334 g/mol. The van der Waals surface area contributed by atoms with E-state index in [9.17, 15) is 4.79 Å². The van der Waals surface area contributed by atoms with Crippen LogP contribution < -0.4 is 15.4 Å². The molecule has 0 saturated heterocycles. The number of methoxy groups -OCH3 is 1. The average Bonchev–Trinajstić information content (AvgIpc) is 2.56. The summed E-state index contributed by atoms with van der Waals surface area (Å²) in [5, 5.41) is 6.64. The van der Waals surface area contributed by atoms with Crippen molar-refractivity contribution in [2.45, 2.75) is 20.3 Å². The molecule has 1 heterocycles. The molecule has 1 aromatic heterocycles. The van der Waals surface area contributed by atoms with Crippen LogP contribution in [0.2, 0.25) is 5.02 Å². The van der Waals surface area contributed by atoms with Crippen molar-refractivity contribution in [3.8, 4) is 5.75 Å². The Labute approximate surface area is 141 Å².